The first-order valence-electron chi connectivity index (χ1n) is 12.1. The molecule has 3 aromatic carbocycles. The summed E-state index contributed by atoms with van der Waals surface area (Å²) in [6.45, 7) is 1.43. The molecule has 194 valence electrons. The zero-order chi connectivity index (χ0) is 27.1. The Morgan fingerprint density at radius 2 is 1.55 bits per heavy atom. The molecule has 4 aromatic rings. The second kappa shape index (κ2) is 11.7. The van der Waals surface area contributed by atoms with E-state index in [2.05, 4.69) is 15.6 Å². The molecular formula is C30H26F3N3O2. The molecule has 38 heavy (non-hydrogen) atoms. The molecule has 1 aromatic heterocycles. The summed E-state index contributed by atoms with van der Waals surface area (Å²) in [7, 11) is 0. The molecule has 0 saturated carbocycles. The predicted molar refractivity (Wildman–Crippen MR) is 142 cm³/mol. The number of halogens is 3. The quantitative estimate of drug-likeness (QED) is 0.261. The van der Waals surface area contributed by atoms with Crippen molar-refractivity contribution in [3.63, 3.8) is 0 Å². The van der Waals surface area contributed by atoms with Crippen LogP contribution in [-0.4, -0.2) is 16.8 Å². The van der Waals surface area contributed by atoms with E-state index in [1.807, 2.05) is 24.3 Å². The fourth-order valence-corrected chi connectivity index (χ4v) is 4.07. The molecular weight excluding hydrogens is 491 g/mol. The lowest BCUT2D eigenvalue weighted by Gasteiger charge is -2.14. The average molecular weight is 518 g/mol. The second-order valence-corrected chi connectivity index (χ2v) is 8.82. The summed E-state index contributed by atoms with van der Waals surface area (Å²) in [5.41, 5.74) is 2.54. The Morgan fingerprint density at radius 1 is 0.816 bits per heavy atom. The van der Waals surface area contributed by atoms with Gasteiger partial charge in [-0.1, -0.05) is 54.6 Å². The Morgan fingerprint density at radius 3 is 2.24 bits per heavy atom. The van der Waals surface area contributed by atoms with E-state index in [1.165, 1.54) is 13.0 Å². The summed E-state index contributed by atoms with van der Waals surface area (Å²) < 4.78 is 40.1. The van der Waals surface area contributed by atoms with Gasteiger partial charge in [0.25, 0.3) is 5.91 Å². The Hall–Kier alpha value is -4.46. The fraction of sp³-hybridized carbons (Fsp3) is 0.167. The molecule has 8 heteroatoms. The maximum Gasteiger partial charge on any atom is 0.416 e. The highest BCUT2D eigenvalue weighted by Gasteiger charge is 2.32. The van der Waals surface area contributed by atoms with Crippen LogP contribution in [0.15, 0.2) is 91.0 Å². The number of carbonyl (C=O) groups is 2. The van der Waals surface area contributed by atoms with Gasteiger partial charge in [-0.3, -0.25) is 9.59 Å². The van der Waals surface area contributed by atoms with Crippen molar-refractivity contribution in [1.29, 1.82) is 0 Å². The van der Waals surface area contributed by atoms with Crippen LogP contribution in [0.25, 0.3) is 11.1 Å². The van der Waals surface area contributed by atoms with E-state index in [4.69, 9.17) is 0 Å². The molecule has 0 bridgehead atoms. The van der Waals surface area contributed by atoms with Gasteiger partial charge in [0.2, 0.25) is 5.91 Å². The number of pyridine rings is 1. The SMILES string of the molecule is CC(=O)Nc1cccc(CCCc2ccc(NC(=O)c3cc(C(F)(F)F)ccc3-c3ccccc3)cc2)n1. The summed E-state index contributed by atoms with van der Waals surface area (Å²) in [5.74, 6) is -0.273. The highest BCUT2D eigenvalue weighted by atomic mass is 19.4. The van der Waals surface area contributed by atoms with Crippen molar-refractivity contribution in [2.75, 3.05) is 10.6 Å². The van der Waals surface area contributed by atoms with E-state index in [0.717, 1.165) is 42.7 Å². The number of amides is 2. The standard InChI is InChI=1S/C30H26F3N3O2/c1-20(37)34-28-12-6-11-24(35-28)10-5-7-21-13-16-25(17-14-21)36-29(38)27-19-23(30(31,32)33)15-18-26(27)22-8-3-2-4-9-22/h2-4,6,8-9,11-19H,5,7,10H2,1H3,(H,36,38)(H,34,35,37). The van der Waals surface area contributed by atoms with Crippen molar-refractivity contribution in [3.8, 4) is 11.1 Å². The minimum atomic E-state index is -4.56. The lowest BCUT2D eigenvalue weighted by molar-refractivity contribution is -0.137. The molecule has 1 heterocycles. The van der Waals surface area contributed by atoms with E-state index in [9.17, 15) is 22.8 Å². The van der Waals surface area contributed by atoms with E-state index >= 15 is 0 Å². The van der Waals surface area contributed by atoms with E-state index in [1.54, 1.807) is 48.5 Å². The molecule has 0 spiro atoms. The molecule has 5 nitrogen and oxygen atoms in total. The monoisotopic (exact) mass is 517 g/mol. The number of aryl methyl sites for hydroxylation is 2. The molecule has 0 atom stereocenters. The van der Waals surface area contributed by atoms with E-state index in [0.29, 0.717) is 22.6 Å². The topological polar surface area (TPSA) is 71.1 Å². The first-order valence-corrected chi connectivity index (χ1v) is 12.1. The summed E-state index contributed by atoms with van der Waals surface area (Å²) >= 11 is 0. The number of anilines is 2. The number of nitrogens with one attached hydrogen (secondary N) is 2. The van der Waals surface area contributed by atoms with Crippen molar-refractivity contribution in [2.24, 2.45) is 0 Å². The number of benzene rings is 3. The normalized spacial score (nSPS) is 11.2. The highest BCUT2D eigenvalue weighted by Crippen LogP contribution is 2.34. The molecule has 0 fully saturated rings. The van der Waals surface area contributed by atoms with Crippen LogP contribution in [0.2, 0.25) is 0 Å². The van der Waals surface area contributed by atoms with Gasteiger partial charge in [-0.05, 0) is 72.4 Å². The summed E-state index contributed by atoms with van der Waals surface area (Å²) in [5, 5.41) is 5.40. The molecule has 2 N–H and O–H groups in total. The molecule has 0 aliphatic rings. The third kappa shape index (κ3) is 7.06. The molecule has 4 rings (SSSR count). The van der Waals surface area contributed by atoms with E-state index < -0.39 is 17.6 Å². The number of nitrogens with zero attached hydrogens (tertiary/aromatic N) is 1. The number of hydrogen-bond acceptors (Lipinski definition) is 3. The Balaban J connectivity index is 1.42. The van der Waals surface area contributed by atoms with Gasteiger partial charge in [0.05, 0.1) is 5.56 Å². The van der Waals surface area contributed by atoms with Gasteiger partial charge >= 0.3 is 6.18 Å². The second-order valence-electron chi connectivity index (χ2n) is 8.82. The number of carbonyl (C=O) groups excluding carboxylic acids is 2. The van der Waals surface area contributed by atoms with Gasteiger partial charge in [-0.2, -0.15) is 13.2 Å². The van der Waals surface area contributed by atoms with Crippen LogP contribution < -0.4 is 10.6 Å². The van der Waals surface area contributed by atoms with Gasteiger partial charge in [0.15, 0.2) is 0 Å². The molecule has 0 aliphatic carbocycles. The van der Waals surface area contributed by atoms with Gasteiger partial charge in [-0.25, -0.2) is 4.98 Å². The number of alkyl halides is 3. The minimum absolute atomic E-state index is 0.0518. The van der Waals surface area contributed by atoms with Gasteiger partial charge < -0.3 is 10.6 Å². The maximum absolute atomic E-state index is 13.4. The molecule has 0 aliphatic heterocycles. The van der Waals surface area contributed by atoms with Crippen molar-refractivity contribution in [1.82, 2.24) is 4.98 Å². The van der Waals surface area contributed by atoms with Gasteiger partial charge in [0.1, 0.15) is 5.82 Å². The zero-order valence-electron chi connectivity index (χ0n) is 20.7. The minimum Gasteiger partial charge on any atom is -0.322 e. The summed E-state index contributed by atoms with van der Waals surface area (Å²) in [6, 6.07) is 24.7. The molecule has 0 saturated heterocycles. The fourth-order valence-electron chi connectivity index (χ4n) is 4.07. The van der Waals surface area contributed by atoms with Crippen LogP contribution in [0, 0.1) is 0 Å². The highest BCUT2D eigenvalue weighted by molar-refractivity contribution is 6.09. The lowest BCUT2D eigenvalue weighted by atomic mass is 9.96. The third-order valence-corrected chi connectivity index (χ3v) is 5.90. The Kier molecular flexibility index (Phi) is 8.21. The van der Waals surface area contributed by atoms with Gasteiger partial charge in [-0.15, -0.1) is 0 Å². The molecule has 0 unspecified atom stereocenters. The first-order chi connectivity index (χ1) is 18.2. The van der Waals surface area contributed by atoms with Crippen LogP contribution in [0.4, 0.5) is 24.7 Å². The first kappa shape index (κ1) is 26.6. The van der Waals surface area contributed by atoms with Crippen molar-refractivity contribution in [3.05, 3.63) is 113 Å². The Labute approximate surface area is 218 Å². The molecule has 0 radical (unpaired) electrons. The smallest absolute Gasteiger partial charge is 0.322 e. The molecule has 2 amide bonds. The van der Waals surface area contributed by atoms with Crippen molar-refractivity contribution < 1.29 is 22.8 Å². The average Bonchev–Trinajstić information content (AvgIpc) is 2.89. The zero-order valence-corrected chi connectivity index (χ0v) is 20.7. The number of rotatable bonds is 8. The maximum atomic E-state index is 13.4. The van der Waals surface area contributed by atoms with Crippen LogP contribution >= 0.6 is 0 Å². The predicted octanol–water partition coefficient (Wildman–Crippen LogP) is 7.15. The number of hydrogen-bond donors (Lipinski definition) is 2. The summed E-state index contributed by atoms with van der Waals surface area (Å²) in [6.07, 6.45) is -2.24. The van der Waals surface area contributed by atoms with Crippen LogP contribution in [0.3, 0.4) is 0 Å². The third-order valence-electron chi connectivity index (χ3n) is 5.90. The van der Waals surface area contributed by atoms with E-state index in [-0.39, 0.29) is 11.5 Å². The van der Waals surface area contributed by atoms with Crippen LogP contribution in [-0.2, 0) is 23.8 Å². The number of aromatic nitrogens is 1. The summed E-state index contributed by atoms with van der Waals surface area (Å²) in [4.78, 5) is 28.7. The Bertz CT molecular complexity index is 1420. The van der Waals surface area contributed by atoms with Crippen LogP contribution in [0.5, 0.6) is 0 Å². The van der Waals surface area contributed by atoms with Gasteiger partial charge in [0, 0.05) is 23.9 Å². The lowest BCUT2D eigenvalue weighted by Crippen LogP contribution is -2.15. The van der Waals surface area contributed by atoms with Crippen molar-refractivity contribution >= 4 is 23.3 Å². The van der Waals surface area contributed by atoms with Crippen LogP contribution in [0.1, 0.15) is 40.5 Å². The largest absolute Gasteiger partial charge is 0.416 e. The van der Waals surface area contributed by atoms with Crippen molar-refractivity contribution in [2.45, 2.75) is 32.4 Å².